The van der Waals surface area contributed by atoms with E-state index in [-0.39, 0.29) is 17.7 Å². The number of aryl methyl sites for hydroxylation is 1. The number of hydrogen-bond donors (Lipinski definition) is 1. The van der Waals surface area contributed by atoms with Crippen LogP contribution in [0.1, 0.15) is 54.6 Å². The fourth-order valence-corrected chi connectivity index (χ4v) is 4.86. The van der Waals surface area contributed by atoms with Crippen LogP contribution in [0.5, 0.6) is 0 Å². The molecule has 7 nitrogen and oxygen atoms in total. The van der Waals surface area contributed by atoms with Gasteiger partial charge in [-0.15, -0.1) is 0 Å². The van der Waals surface area contributed by atoms with Gasteiger partial charge in [0.2, 0.25) is 5.91 Å². The highest BCUT2D eigenvalue weighted by molar-refractivity contribution is 5.77. The van der Waals surface area contributed by atoms with E-state index in [1.165, 1.54) is 5.56 Å². The lowest BCUT2D eigenvalue weighted by molar-refractivity contribution is -0.143. The van der Waals surface area contributed by atoms with E-state index in [0.717, 1.165) is 36.2 Å². The third-order valence-corrected chi connectivity index (χ3v) is 6.75. The van der Waals surface area contributed by atoms with Gasteiger partial charge in [-0.25, -0.2) is 4.85 Å². The highest BCUT2D eigenvalue weighted by Gasteiger charge is 2.30. The van der Waals surface area contributed by atoms with E-state index in [9.17, 15) is 9.59 Å². The zero-order chi connectivity index (χ0) is 22.0. The maximum absolute atomic E-state index is 13.0. The van der Waals surface area contributed by atoms with Gasteiger partial charge in [0, 0.05) is 13.0 Å². The van der Waals surface area contributed by atoms with Crippen LogP contribution >= 0.6 is 0 Å². The number of aromatic nitrogens is 2. The van der Waals surface area contributed by atoms with Crippen molar-refractivity contribution in [1.82, 2.24) is 14.7 Å². The first-order valence-electron chi connectivity index (χ1n) is 11.0. The van der Waals surface area contributed by atoms with Crippen LogP contribution in [0.4, 0.5) is 5.69 Å². The molecule has 162 valence electrons. The Labute approximate surface area is 182 Å². The van der Waals surface area contributed by atoms with Crippen LogP contribution in [0.3, 0.4) is 0 Å². The van der Waals surface area contributed by atoms with Crippen LogP contribution in [0, 0.1) is 25.3 Å². The van der Waals surface area contributed by atoms with Crippen LogP contribution in [0.15, 0.2) is 24.3 Å². The van der Waals surface area contributed by atoms with E-state index in [1.807, 2.05) is 40.8 Å². The van der Waals surface area contributed by atoms with Gasteiger partial charge in [0.05, 0.1) is 37.0 Å². The quantitative estimate of drug-likeness (QED) is 0.743. The molecule has 1 aliphatic carbocycles. The van der Waals surface area contributed by atoms with Crippen molar-refractivity contribution in [2.24, 2.45) is 11.8 Å². The summed E-state index contributed by atoms with van der Waals surface area (Å²) in [6, 6.07) is 7.55. The third kappa shape index (κ3) is 4.63. The van der Waals surface area contributed by atoms with Gasteiger partial charge in [-0.3, -0.25) is 14.3 Å². The summed E-state index contributed by atoms with van der Waals surface area (Å²) in [6.07, 6.45) is 4.31. The standard InChI is InChI=1S/C24H28N4O3/c1-16-21-11-12-27(23(29)13-17-3-7-19(8-4-17)24(30)31)15-22(21)28(26-16)14-18-5-9-20(25-2)10-6-18/h5-6,9-10,17,19H,3-4,7-8,11-15H2,1H3,(H,30,31). The molecule has 1 aromatic heterocycles. The van der Waals surface area contributed by atoms with E-state index >= 15 is 0 Å². The van der Waals surface area contributed by atoms with Crippen molar-refractivity contribution in [2.75, 3.05) is 6.54 Å². The molecule has 4 rings (SSSR count). The van der Waals surface area contributed by atoms with Crippen molar-refractivity contribution in [3.05, 3.63) is 58.2 Å². The van der Waals surface area contributed by atoms with Gasteiger partial charge in [0.1, 0.15) is 0 Å². The number of amides is 1. The molecule has 1 N–H and O–H groups in total. The molecule has 1 aromatic carbocycles. The molecule has 0 spiro atoms. The molecular formula is C24H28N4O3. The number of rotatable bonds is 5. The maximum atomic E-state index is 13.0. The molecule has 31 heavy (non-hydrogen) atoms. The van der Waals surface area contributed by atoms with E-state index in [1.54, 1.807) is 0 Å². The number of nitrogens with zero attached hydrogens (tertiary/aromatic N) is 4. The van der Waals surface area contributed by atoms with Crippen molar-refractivity contribution in [3.8, 4) is 0 Å². The first kappa shape index (κ1) is 21.1. The predicted molar refractivity (Wildman–Crippen MR) is 116 cm³/mol. The minimum absolute atomic E-state index is 0.163. The van der Waals surface area contributed by atoms with Gasteiger partial charge in [-0.2, -0.15) is 5.10 Å². The molecule has 1 fully saturated rings. The van der Waals surface area contributed by atoms with Crippen LogP contribution in [-0.4, -0.2) is 38.2 Å². The largest absolute Gasteiger partial charge is 0.481 e. The molecule has 2 aromatic rings. The smallest absolute Gasteiger partial charge is 0.306 e. The summed E-state index contributed by atoms with van der Waals surface area (Å²) in [7, 11) is 0. The second-order valence-corrected chi connectivity index (χ2v) is 8.77. The Hall–Kier alpha value is -3.14. The average Bonchev–Trinajstić information content (AvgIpc) is 3.09. The Morgan fingerprint density at radius 2 is 1.90 bits per heavy atom. The minimum Gasteiger partial charge on any atom is -0.481 e. The number of benzene rings is 1. The number of carbonyl (C=O) groups is 2. The highest BCUT2D eigenvalue weighted by atomic mass is 16.4. The van der Waals surface area contributed by atoms with E-state index in [4.69, 9.17) is 16.8 Å². The highest BCUT2D eigenvalue weighted by Crippen LogP contribution is 2.32. The molecule has 0 saturated heterocycles. The maximum Gasteiger partial charge on any atom is 0.306 e. The van der Waals surface area contributed by atoms with Gasteiger partial charge in [-0.1, -0.05) is 24.3 Å². The lowest BCUT2D eigenvalue weighted by Gasteiger charge is -2.31. The Morgan fingerprint density at radius 3 is 2.55 bits per heavy atom. The van der Waals surface area contributed by atoms with Crippen molar-refractivity contribution < 1.29 is 14.7 Å². The van der Waals surface area contributed by atoms with Crippen LogP contribution < -0.4 is 0 Å². The van der Waals surface area contributed by atoms with E-state index in [2.05, 4.69) is 4.85 Å². The summed E-state index contributed by atoms with van der Waals surface area (Å²) in [5.41, 5.74) is 5.06. The summed E-state index contributed by atoms with van der Waals surface area (Å²) in [6.45, 7) is 11.0. The van der Waals surface area contributed by atoms with Crippen molar-refractivity contribution in [2.45, 2.75) is 58.5 Å². The Morgan fingerprint density at radius 1 is 1.19 bits per heavy atom. The zero-order valence-electron chi connectivity index (χ0n) is 17.9. The topological polar surface area (TPSA) is 79.8 Å². The molecular weight excluding hydrogens is 392 g/mol. The zero-order valence-corrected chi connectivity index (χ0v) is 17.9. The number of carboxylic acids is 1. The molecule has 2 heterocycles. The van der Waals surface area contributed by atoms with Crippen LogP contribution in [-0.2, 0) is 29.1 Å². The summed E-state index contributed by atoms with van der Waals surface area (Å²) >= 11 is 0. The normalized spacial score (nSPS) is 20.7. The number of aliphatic carboxylic acids is 1. The molecule has 7 heteroatoms. The fourth-order valence-electron chi connectivity index (χ4n) is 4.86. The average molecular weight is 421 g/mol. The van der Waals surface area contributed by atoms with E-state index < -0.39 is 5.97 Å². The number of fused-ring (bicyclic) bond motifs is 1. The monoisotopic (exact) mass is 420 g/mol. The molecule has 0 atom stereocenters. The van der Waals surface area contributed by atoms with Crippen molar-refractivity contribution in [3.63, 3.8) is 0 Å². The van der Waals surface area contributed by atoms with Crippen LogP contribution in [0.25, 0.3) is 4.85 Å². The molecule has 2 aliphatic rings. The van der Waals surface area contributed by atoms with Crippen LogP contribution in [0.2, 0.25) is 0 Å². The second-order valence-electron chi connectivity index (χ2n) is 8.77. The molecule has 0 unspecified atom stereocenters. The fraction of sp³-hybridized carbons (Fsp3) is 0.500. The summed E-state index contributed by atoms with van der Waals surface area (Å²) in [4.78, 5) is 29.5. The van der Waals surface area contributed by atoms with E-state index in [0.29, 0.717) is 44.6 Å². The SMILES string of the molecule is [C-]#[N+]c1ccc(Cn2nc(C)c3c2CN(C(=O)CC2CCC(C(=O)O)CC2)CC3)cc1. The molecule has 0 radical (unpaired) electrons. The summed E-state index contributed by atoms with van der Waals surface area (Å²) < 4.78 is 2.00. The number of carbonyl (C=O) groups excluding carboxylic acids is 1. The second kappa shape index (κ2) is 8.93. The van der Waals surface area contributed by atoms with Crippen molar-refractivity contribution in [1.29, 1.82) is 0 Å². The van der Waals surface area contributed by atoms with Gasteiger partial charge in [-0.05, 0) is 56.1 Å². The first-order valence-corrected chi connectivity index (χ1v) is 11.0. The Bertz CT molecular complexity index is 1010. The first-order chi connectivity index (χ1) is 14.9. The lowest BCUT2D eigenvalue weighted by Crippen LogP contribution is -2.38. The lowest BCUT2D eigenvalue weighted by atomic mass is 9.80. The molecule has 1 aliphatic heterocycles. The van der Waals surface area contributed by atoms with Gasteiger partial charge in [0.15, 0.2) is 5.69 Å². The number of hydrogen-bond acceptors (Lipinski definition) is 3. The Kier molecular flexibility index (Phi) is 6.08. The molecule has 1 amide bonds. The summed E-state index contributed by atoms with van der Waals surface area (Å²) in [5.74, 6) is -0.501. The van der Waals surface area contributed by atoms with Gasteiger partial charge in [0.25, 0.3) is 0 Å². The number of carboxylic acid groups (broad SMARTS) is 1. The Balaban J connectivity index is 1.41. The minimum atomic E-state index is -0.708. The predicted octanol–water partition coefficient (Wildman–Crippen LogP) is 3.96. The molecule has 1 saturated carbocycles. The van der Waals surface area contributed by atoms with Gasteiger partial charge < -0.3 is 10.0 Å². The summed E-state index contributed by atoms with van der Waals surface area (Å²) in [5, 5.41) is 13.9. The third-order valence-electron chi connectivity index (χ3n) is 6.75. The van der Waals surface area contributed by atoms with Crippen molar-refractivity contribution >= 4 is 17.6 Å². The van der Waals surface area contributed by atoms with Gasteiger partial charge >= 0.3 is 5.97 Å². The molecule has 0 bridgehead atoms.